The summed E-state index contributed by atoms with van der Waals surface area (Å²) in [5.41, 5.74) is 5.68. The molecule has 1 aromatic heterocycles. The van der Waals surface area contributed by atoms with Crippen molar-refractivity contribution in [1.29, 1.82) is 5.26 Å². The van der Waals surface area contributed by atoms with Gasteiger partial charge in [-0.2, -0.15) is 5.26 Å². The maximum Gasteiger partial charge on any atom is 0.306 e. The van der Waals surface area contributed by atoms with Crippen molar-refractivity contribution in [2.75, 3.05) is 13.1 Å². The number of aliphatic carboxylic acids is 1. The van der Waals surface area contributed by atoms with E-state index in [-0.39, 0.29) is 5.92 Å². The van der Waals surface area contributed by atoms with Crippen LogP contribution in [0.25, 0.3) is 10.9 Å². The fourth-order valence-corrected chi connectivity index (χ4v) is 5.15. The standard InChI is InChI=1S/C25H25Cl2N3O2/c1-15-9-16(13-28)10-23-20(15)11-19(29(23)2)12-21-22(26)4-3-18(24(21)27)14-30-7-5-17(6-8-30)25(31)32/h3-4,9-11,17H,5-8,12,14H2,1-2H3,(H,31,32). The summed E-state index contributed by atoms with van der Waals surface area (Å²) in [7, 11) is 2.00. The Bertz CT molecular complexity index is 1230. The van der Waals surface area contributed by atoms with Crippen LogP contribution in [-0.2, 0) is 24.8 Å². The molecule has 5 nitrogen and oxygen atoms in total. The van der Waals surface area contributed by atoms with Gasteiger partial charge >= 0.3 is 5.97 Å². The van der Waals surface area contributed by atoms with E-state index in [9.17, 15) is 15.2 Å². The van der Waals surface area contributed by atoms with Crippen LogP contribution < -0.4 is 0 Å². The lowest BCUT2D eigenvalue weighted by Crippen LogP contribution is -2.35. The highest BCUT2D eigenvalue weighted by atomic mass is 35.5. The van der Waals surface area contributed by atoms with Gasteiger partial charge in [-0.15, -0.1) is 0 Å². The number of carboxylic acids is 1. The number of hydrogen-bond acceptors (Lipinski definition) is 3. The Morgan fingerprint density at radius 3 is 2.59 bits per heavy atom. The van der Waals surface area contributed by atoms with Gasteiger partial charge in [0.1, 0.15) is 0 Å². The van der Waals surface area contributed by atoms with Gasteiger partial charge in [0, 0.05) is 41.6 Å². The zero-order chi connectivity index (χ0) is 23.0. The number of carbonyl (C=O) groups is 1. The Kier molecular flexibility index (Phi) is 6.48. The van der Waals surface area contributed by atoms with Crippen molar-refractivity contribution >= 4 is 40.1 Å². The van der Waals surface area contributed by atoms with Gasteiger partial charge in [0.05, 0.1) is 22.6 Å². The van der Waals surface area contributed by atoms with Gasteiger partial charge in [0.2, 0.25) is 0 Å². The van der Waals surface area contributed by atoms with Crippen molar-refractivity contribution in [3.05, 3.63) is 68.3 Å². The summed E-state index contributed by atoms with van der Waals surface area (Å²) in [6, 6.07) is 12.0. The van der Waals surface area contributed by atoms with Gasteiger partial charge in [-0.05, 0) is 73.8 Å². The van der Waals surface area contributed by atoms with Crippen molar-refractivity contribution in [3.63, 3.8) is 0 Å². The number of fused-ring (bicyclic) bond motifs is 1. The molecule has 32 heavy (non-hydrogen) atoms. The summed E-state index contributed by atoms with van der Waals surface area (Å²) < 4.78 is 2.10. The van der Waals surface area contributed by atoms with E-state index < -0.39 is 5.97 Å². The quantitative estimate of drug-likeness (QED) is 0.531. The molecule has 1 N–H and O–H groups in total. The lowest BCUT2D eigenvalue weighted by molar-refractivity contribution is -0.143. The summed E-state index contributed by atoms with van der Waals surface area (Å²) in [6.45, 7) is 4.18. The number of likely N-dealkylation sites (tertiary alicyclic amines) is 1. The molecule has 7 heteroatoms. The molecule has 0 aliphatic carbocycles. The van der Waals surface area contributed by atoms with E-state index in [1.165, 1.54) is 0 Å². The first-order valence-electron chi connectivity index (χ1n) is 10.7. The SMILES string of the molecule is Cc1cc(C#N)cc2c1cc(Cc1c(Cl)ccc(CN3CCC(C(=O)O)CC3)c1Cl)n2C. The van der Waals surface area contributed by atoms with Gasteiger partial charge in [0.25, 0.3) is 0 Å². The average Bonchev–Trinajstić information content (AvgIpc) is 3.09. The number of benzene rings is 2. The Morgan fingerprint density at radius 2 is 1.94 bits per heavy atom. The molecule has 4 rings (SSSR count). The number of nitriles is 1. The number of halogens is 2. The third-order valence-corrected chi connectivity index (χ3v) is 7.38. The van der Waals surface area contributed by atoms with Crippen molar-refractivity contribution in [3.8, 4) is 6.07 Å². The first-order valence-corrected chi connectivity index (χ1v) is 11.4. The van der Waals surface area contributed by atoms with Gasteiger partial charge in [0.15, 0.2) is 0 Å². The van der Waals surface area contributed by atoms with E-state index in [0.29, 0.717) is 41.4 Å². The molecule has 1 saturated heterocycles. The largest absolute Gasteiger partial charge is 0.481 e. The molecular weight excluding hydrogens is 445 g/mol. The lowest BCUT2D eigenvalue weighted by Gasteiger charge is -2.30. The molecule has 0 bridgehead atoms. The predicted molar refractivity (Wildman–Crippen MR) is 127 cm³/mol. The van der Waals surface area contributed by atoms with E-state index in [0.717, 1.165) is 46.4 Å². The van der Waals surface area contributed by atoms with Gasteiger partial charge in [-0.25, -0.2) is 0 Å². The summed E-state index contributed by atoms with van der Waals surface area (Å²) in [6.07, 6.45) is 1.90. The van der Waals surface area contributed by atoms with Crippen LogP contribution >= 0.6 is 23.2 Å². The molecule has 0 saturated carbocycles. The van der Waals surface area contributed by atoms with E-state index in [2.05, 4.69) is 21.6 Å². The average molecular weight is 470 g/mol. The minimum absolute atomic E-state index is 0.251. The van der Waals surface area contributed by atoms with Crippen LogP contribution in [0.3, 0.4) is 0 Å². The van der Waals surface area contributed by atoms with Crippen molar-refractivity contribution in [2.45, 2.75) is 32.7 Å². The Morgan fingerprint density at radius 1 is 1.22 bits per heavy atom. The highest BCUT2D eigenvalue weighted by Crippen LogP contribution is 2.33. The van der Waals surface area contributed by atoms with E-state index in [4.69, 9.17) is 23.2 Å². The monoisotopic (exact) mass is 469 g/mol. The third kappa shape index (κ3) is 4.36. The second kappa shape index (κ2) is 9.15. The van der Waals surface area contributed by atoms with E-state index in [1.807, 2.05) is 38.2 Å². The molecule has 0 radical (unpaired) electrons. The van der Waals surface area contributed by atoms with Gasteiger partial charge in [-0.3, -0.25) is 9.69 Å². The fraction of sp³-hybridized carbons (Fsp3) is 0.360. The summed E-state index contributed by atoms with van der Waals surface area (Å²) >= 11 is 13.4. The van der Waals surface area contributed by atoms with Crippen molar-refractivity contribution in [1.82, 2.24) is 9.47 Å². The number of piperidine rings is 1. The molecule has 2 heterocycles. The molecule has 0 atom stereocenters. The molecule has 3 aromatic rings. The lowest BCUT2D eigenvalue weighted by atomic mass is 9.96. The summed E-state index contributed by atoms with van der Waals surface area (Å²) in [4.78, 5) is 13.5. The minimum atomic E-state index is -0.705. The molecule has 0 amide bonds. The first kappa shape index (κ1) is 22.7. The molecule has 1 aliphatic heterocycles. The number of carboxylic acid groups (broad SMARTS) is 1. The second-order valence-electron chi connectivity index (χ2n) is 8.60. The fourth-order valence-electron chi connectivity index (χ4n) is 4.59. The highest BCUT2D eigenvalue weighted by Gasteiger charge is 2.25. The van der Waals surface area contributed by atoms with Crippen LogP contribution in [0.1, 0.15) is 40.8 Å². The van der Waals surface area contributed by atoms with Crippen molar-refractivity contribution < 1.29 is 9.90 Å². The number of aromatic nitrogens is 1. The first-order chi connectivity index (χ1) is 15.3. The minimum Gasteiger partial charge on any atom is -0.481 e. The zero-order valence-corrected chi connectivity index (χ0v) is 19.7. The highest BCUT2D eigenvalue weighted by molar-refractivity contribution is 6.36. The van der Waals surface area contributed by atoms with Gasteiger partial charge < -0.3 is 9.67 Å². The van der Waals surface area contributed by atoms with Crippen LogP contribution in [0, 0.1) is 24.2 Å². The molecule has 0 spiro atoms. The Labute approximate surface area is 197 Å². The molecule has 0 unspecified atom stereocenters. The Balaban J connectivity index is 1.60. The Hall–Kier alpha value is -2.52. The van der Waals surface area contributed by atoms with Gasteiger partial charge in [-0.1, -0.05) is 29.3 Å². The third-order valence-electron chi connectivity index (χ3n) is 6.55. The maximum atomic E-state index is 11.2. The van der Waals surface area contributed by atoms with E-state index >= 15 is 0 Å². The summed E-state index contributed by atoms with van der Waals surface area (Å²) in [5.74, 6) is -0.956. The number of nitrogens with zero attached hydrogens (tertiary/aromatic N) is 3. The second-order valence-corrected chi connectivity index (χ2v) is 9.38. The van der Waals surface area contributed by atoms with E-state index in [1.54, 1.807) is 0 Å². The predicted octanol–water partition coefficient (Wildman–Crippen LogP) is 5.55. The van der Waals surface area contributed by atoms with Crippen LogP contribution in [0.4, 0.5) is 0 Å². The normalized spacial score (nSPS) is 15.2. The number of hydrogen-bond donors (Lipinski definition) is 1. The van der Waals surface area contributed by atoms with Crippen LogP contribution in [0.15, 0.2) is 30.3 Å². The van der Waals surface area contributed by atoms with Crippen LogP contribution in [0.2, 0.25) is 10.0 Å². The zero-order valence-electron chi connectivity index (χ0n) is 18.2. The molecule has 166 valence electrons. The molecule has 2 aromatic carbocycles. The summed E-state index contributed by atoms with van der Waals surface area (Å²) in [5, 5.41) is 20.9. The molecular formula is C25H25Cl2N3O2. The van der Waals surface area contributed by atoms with Crippen LogP contribution in [0.5, 0.6) is 0 Å². The van der Waals surface area contributed by atoms with Crippen molar-refractivity contribution in [2.24, 2.45) is 13.0 Å². The maximum absolute atomic E-state index is 11.2. The number of aryl methyl sites for hydroxylation is 2. The molecule has 1 fully saturated rings. The molecule has 1 aliphatic rings. The topological polar surface area (TPSA) is 69.3 Å². The van der Waals surface area contributed by atoms with Crippen LogP contribution in [-0.4, -0.2) is 33.6 Å². The smallest absolute Gasteiger partial charge is 0.306 e. The number of rotatable bonds is 5.